The minimum absolute atomic E-state index is 0.0140. The third-order valence-corrected chi connectivity index (χ3v) is 2.79. The van der Waals surface area contributed by atoms with E-state index in [1.807, 2.05) is 0 Å². The zero-order valence-electron chi connectivity index (χ0n) is 10.3. The van der Waals surface area contributed by atoms with Crippen molar-refractivity contribution in [3.8, 4) is 17.1 Å². The van der Waals surface area contributed by atoms with Crippen LogP contribution < -0.4 is 4.74 Å². The number of nitro benzene ring substituents is 1. The highest BCUT2D eigenvalue weighted by Crippen LogP contribution is 2.28. The molecule has 1 heterocycles. The number of methoxy groups -OCH3 is 1. The standard InChI is InChI=1S/C12H10ClN3O3/c1-7-10(19-2)11(13)15-12(14-7)8-3-5-9(6-4-8)16(17)18/h3-6H,1-2H3. The number of benzene rings is 1. The number of hydrogen-bond acceptors (Lipinski definition) is 5. The largest absolute Gasteiger partial charge is 0.492 e. The molecule has 0 aliphatic rings. The van der Waals surface area contributed by atoms with E-state index < -0.39 is 4.92 Å². The molecule has 19 heavy (non-hydrogen) atoms. The average Bonchev–Trinajstić information content (AvgIpc) is 2.38. The van der Waals surface area contributed by atoms with Crippen molar-refractivity contribution in [2.45, 2.75) is 6.92 Å². The van der Waals surface area contributed by atoms with Crippen LogP contribution >= 0.6 is 11.6 Å². The van der Waals surface area contributed by atoms with Crippen molar-refractivity contribution in [1.82, 2.24) is 9.97 Å². The Morgan fingerprint density at radius 3 is 2.37 bits per heavy atom. The van der Waals surface area contributed by atoms with Gasteiger partial charge in [0.25, 0.3) is 5.69 Å². The normalized spacial score (nSPS) is 10.3. The second kappa shape index (κ2) is 5.19. The number of nitro groups is 1. The van der Waals surface area contributed by atoms with Gasteiger partial charge in [0.2, 0.25) is 0 Å². The topological polar surface area (TPSA) is 78.2 Å². The summed E-state index contributed by atoms with van der Waals surface area (Å²) in [5.41, 5.74) is 1.27. The van der Waals surface area contributed by atoms with Crippen LogP contribution in [-0.2, 0) is 0 Å². The molecule has 98 valence electrons. The van der Waals surface area contributed by atoms with E-state index in [-0.39, 0.29) is 10.8 Å². The van der Waals surface area contributed by atoms with Crippen molar-refractivity contribution in [1.29, 1.82) is 0 Å². The molecule has 0 fully saturated rings. The Labute approximate surface area is 114 Å². The molecule has 0 unspecified atom stereocenters. The molecule has 1 aromatic heterocycles. The van der Waals surface area contributed by atoms with Crippen molar-refractivity contribution < 1.29 is 9.66 Å². The second-order valence-corrected chi connectivity index (χ2v) is 4.12. The SMILES string of the molecule is COc1c(C)nc(-c2ccc([N+](=O)[O-])cc2)nc1Cl. The number of rotatable bonds is 3. The van der Waals surface area contributed by atoms with Gasteiger partial charge in [-0.2, -0.15) is 0 Å². The first kappa shape index (κ1) is 13.2. The number of ether oxygens (including phenoxy) is 1. The Morgan fingerprint density at radius 1 is 1.26 bits per heavy atom. The highest BCUT2D eigenvalue weighted by molar-refractivity contribution is 6.31. The molecule has 0 saturated heterocycles. The summed E-state index contributed by atoms with van der Waals surface area (Å²) in [4.78, 5) is 18.5. The summed E-state index contributed by atoms with van der Waals surface area (Å²) in [7, 11) is 1.49. The molecule has 1 aromatic carbocycles. The second-order valence-electron chi connectivity index (χ2n) is 3.76. The molecule has 0 N–H and O–H groups in total. The lowest BCUT2D eigenvalue weighted by Crippen LogP contribution is -1.98. The molecule has 7 heteroatoms. The number of non-ortho nitro benzene ring substituents is 1. The summed E-state index contributed by atoms with van der Waals surface area (Å²) in [5.74, 6) is 0.825. The molecule has 0 saturated carbocycles. The number of nitrogens with zero attached hydrogens (tertiary/aromatic N) is 3. The van der Waals surface area contributed by atoms with E-state index >= 15 is 0 Å². The van der Waals surface area contributed by atoms with Crippen LogP contribution in [0.5, 0.6) is 5.75 Å². The van der Waals surface area contributed by atoms with Crippen LogP contribution in [0.3, 0.4) is 0 Å². The number of aromatic nitrogens is 2. The van der Waals surface area contributed by atoms with E-state index in [0.717, 1.165) is 0 Å². The highest BCUT2D eigenvalue weighted by Gasteiger charge is 2.12. The van der Waals surface area contributed by atoms with Crippen LogP contribution in [-0.4, -0.2) is 22.0 Å². The van der Waals surface area contributed by atoms with Crippen molar-refractivity contribution in [3.63, 3.8) is 0 Å². The molecule has 0 spiro atoms. The van der Waals surface area contributed by atoms with Crippen LogP contribution in [0.4, 0.5) is 5.69 Å². The fourth-order valence-electron chi connectivity index (χ4n) is 1.62. The van der Waals surface area contributed by atoms with E-state index in [4.69, 9.17) is 16.3 Å². The maximum atomic E-state index is 10.6. The minimum Gasteiger partial charge on any atom is -0.492 e. The Bertz CT molecular complexity index is 606. The van der Waals surface area contributed by atoms with Crippen LogP contribution in [0.25, 0.3) is 11.4 Å². The first-order valence-electron chi connectivity index (χ1n) is 5.36. The Kier molecular flexibility index (Phi) is 3.62. The van der Waals surface area contributed by atoms with Gasteiger partial charge in [0.05, 0.1) is 17.7 Å². The lowest BCUT2D eigenvalue weighted by atomic mass is 10.2. The molecular formula is C12H10ClN3O3. The summed E-state index contributed by atoms with van der Waals surface area (Å²) in [6.07, 6.45) is 0. The predicted octanol–water partition coefficient (Wildman–Crippen LogP) is 3.02. The van der Waals surface area contributed by atoms with E-state index in [2.05, 4.69) is 9.97 Å². The van der Waals surface area contributed by atoms with Crippen LogP contribution in [0.1, 0.15) is 5.69 Å². The first-order chi connectivity index (χ1) is 9.02. The summed E-state index contributed by atoms with van der Waals surface area (Å²) in [6.45, 7) is 1.75. The van der Waals surface area contributed by atoms with Gasteiger partial charge in [0.15, 0.2) is 16.7 Å². The monoisotopic (exact) mass is 279 g/mol. The van der Waals surface area contributed by atoms with Crippen LogP contribution in [0.2, 0.25) is 5.15 Å². The third kappa shape index (κ3) is 2.63. The molecular weight excluding hydrogens is 270 g/mol. The highest BCUT2D eigenvalue weighted by atomic mass is 35.5. The van der Waals surface area contributed by atoms with Gasteiger partial charge in [-0.05, 0) is 19.1 Å². The van der Waals surface area contributed by atoms with Crippen LogP contribution in [0, 0.1) is 17.0 Å². The zero-order valence-corrected chi connectivity index (χ0v) is 11.0. The maximum Gasteiger partial charge on any atom is 0.269 e. The Balaban J connectivity index is 2.44. The van der Waals surface area contributed by atoms with E-state index in [9.17, 15) is 10.1 Å². The maximum absolute atomic E-state index is 10.6. The van der Waals surface area contributed by atoms with Crippen molar-refractivity contribution in [3.05, 3.63) is 45.2 Å². The Hall–Kier alpha value is -2.21. The number of halogens is 1. The minimum atomic E-state index is -0.461. The molecule has 6 nitrogen and oxygen atoms in total. The van der Waals surface area contributed by atoms with E-state index in [1.54, 1.807) is 19.1 Å². The van der Waals surface area contributed by atoms with Crippen molar-refractivity contribution >= 4 is 17.3 Å². The molecule has 0 atom stereocenters. The summed E-state index contributed by atoms with van der Waals surface area (Å²) < 4.78 is 5.07. The Morgan fingerprint density at radius 2 is 1.89 bits per heavy atom. The van der Waals surface area contributed by atoms with E-state index in [0.29, 0.717) is 22.8 Å². The zero-order chi connectivity index (χ0) is 14.0. The van der Waals surface area contributed by atoms with Crippen molar-refractivity contribution in [2.24, 2.45) is 0 Å². The van der Waals surface area contributed by atoms with Gasteiger partial charge in [0.1, 0.15) is 0 Å². The molecule has 0 aliphatic carbocycles. The lowest BCUT2D eigenvalue weighted by Gasteiger charge is -2.07. The average molecular weight is 280 g/mol. The van der Waals surface area contributed by atoms with Gasteiger partial charge in [-0.1, -0.05) is 11.6 Å². The van der Waals surface area contributed by atoms with Gasteiger partial charge in [-0.3, -0.25) is 10.1 Å². The molecule has 0 aliphatic heterocycles. The van der Waals surface area contributed by atoms with Gasteiger partial charge in [-0.25, -0.2) is 9.97 Å². The number of aryl methyl sites for hydroxylation is 1. The van der Waals surface area contributed by atoms with Crippen LogP contribution in [0.15, 0.2) is 24.3 Å². The molecule has 2 aromatic rings. The molecule has 2 rings (SSSR count). The summed E-state index contributed by atoms with van der Waals surface area (Å²) in [6, 6.07) is 5.95. The predicted molar refractivity (Wildman–Crippen MR) is 70.4 cm³/mol. The molecule has 0 bridgehead atoms. The van der Waals surface area contributed by atoms with Gasteiger partial charge < -0.3 is 4.74 Å². The summed E-state index contributed by atoms with van der Waals surface area (Å²) >= 11 is 5.98. The summed E-state index contributed by atoms with van der Waals surface area (Å²) in [5, 5.41) is 10.8. The van der Waals surface area contributed by atoms with Gasteiger partial charge in [0, 0.05) is 17.7 Å². The third-order valence-electron chi connectivity index (χ3n) is 2.53. The molecule has 0 radical (unpaired) electrons. The lowest BCUT2D eigenvalue weighted by molar-refractivity contribution is -0.384. The fraction of sp³-hybridized carbons (Fsp3) is 0.167. The van der Waals surface area contributed by atoms with Gasteiger partial charge in [-0.15, -0.1) is 0 Å². The quantitative estimate of drug-likeness (QED) is 0.490. The van der Waals surface area contributed by atoms with E-state index in [1.165, 1.54) is 19.2 Å². The fourth-order valence-corrected chi connectivity index (χ4v) is 1.91. The number of hydrogen-bond donors (Lipinski definition) is 0. The van der Waals surface area contributed by atoms with Crippen molar-refractivity contribution in [2.75, 3.05) is 7.11 Å². The molecule has 0 amide bonds. The smallest absolute Gasteiger partial charge is 0.269 e. The first-order valence-corrected chi connectivity index (χ1v) is 5.73. The van der Waals surface area contributed by atoms with Gasteiger partial charge >= 0.3 is 0 Å².